The van der Waals surface area contributed by atoms with Gasteiger partial charge in [-0.2, -0.15) is 0 Å². The van der Waals surface area contributed by atoms with E-state index in [9.17, 15) is 23.9 Å². The van der Waals surface area contributed by atoms with E-state index in [1.807, 2.05) is 0 Å². The highest BCUT2D eigenvalue weighted by Crippen LogP contribution is 2.26. The Hall–Kier alpha value is -2.44. The van der Waals surface area contributed by atoms with Crippen molar-refractivity contribution in [2.24, 2.45) is 5.92 Å². The van der Waals surface area contributed by atoms with Crippen LogP contribution in [-0.2, 0) is 9.59 Å². The maximum Gasteiger partial charge on any atom is 0.327 e. The molecule has 0 spiro atoms. The summed E-state index contributed by atoms with van der Waals surface area (Å²) in [5.74, 6) is -2.77. The fourth-order valence-electron chi connectivity index (χ4n) is 2.33. The average molecular weight is 294 g/mol. The Morgan fingerprint density at radius 2 is 1.86 bits per heavy atom. The van der Waals surface area contributed by atoms with Crippen LogP contribution in [0.1, 0.15) is 25.5 Å². The minimum Gasteiger partial charge on any atom is -0.480 e. The van der Waals surface area contributed by atoms with E-state index < -0.39 is 41.7 Å². The van der Waals surface area contributed by atoms with E-state index >= 15 is 0 Å². The first kappa shape index (κ1) is 15.0. The number of hydrogen-bond acceptors (Lipinski definition) is 3. The number of amides is 3. The molecule has 2 N–H and O–H groups in total. The first-order valence-electron chi connectivity index (χ1n) is 6.44. The van der Waals surface area contributed by atoms with Crippen LogP contribution in [0.15, 0.2) is 24.3 Å². The van der Waals surface area contributed by atoms with Gasteiger partial charge in [0.05, 0.1) is 0 Å². The lowest BCUT2D eigenvalue weighted by Crippen LogP contribution is -2.48. The van der Waals surface area contributed by atoms with E-state index in [0.29, 0.717) is 5.56 Å². The molecule has 1 heterocycles. The number of urea groups is 1. The largest absolute Gasteiger partial charge is 0.480 e. The van der Waals surface area contributed by atoms with Crippen LogP contribution in [0.25, 0.3) is 0 Å². The van der Waals surface area contributed by atoms with Gasteiger partial charge in [-0.25, -0.2) is 18.9 Å². The fourth-order valence-corrected chi connectivity index (χ4v) is 2.33. The Morgan fingerprint density at radius 3 is 2.33 bits per heavy atom. The molecule has 6 nitrogen and oxygen atoms in total. The molecule has 7 heteroatoms. The summed E-state index contributed by atoms with van der Waals surface area (Å²) in [7, 11) is 0. The molecule has 0 aromatic heterocycles. The maximum atomic E-state index is 12.9. The molecule has 1 aliphatic heterocycles. The SMILES string of the molecule is CC(C)C(C(=O)O)N1C(=O)NC(c2ccc(F)cc2)C1=O. The van der Waals surface area contributed by atoms with E-state index in [1.54, 1.807) is 13.8 Å². The fraction of sp³-hybridized carbons (Fsp3) is 0.357. The summed E-state index contributed by atoms with van der Waals surface area (Å²) in [6, 6.07) is 2.14. The van der Waals surface area contributed by atoms with Crippen LogP contribution in [0.4, 0.5) is 9.18 Å². The van der Waals surface area contributed by atoms with Crippen LogP contribution in [0.3, 0.4) is 0 Å². The van der Waals surface area contributed by atoms with E-state index in [2.05, 4.69) is 5.32 Å². The van der Waals surface area contributed by atoms with Crippen molar-refractivity contribution in [2.45, 2.75) is 25.9 Å². The number of carboxylic acids is 1. The summed E-state index contributed by atoms with van der Waals surface area (Å²) in [5, 5.41) is 11.6. The number of rotatable bonds is 4. The number of hydrogen-bond donors (Lipinski definition) is 2. The van der Waals surface area contributed by atoms with Crippen molar-refractivity contribution in [1.29, 1.82) is 0 Å². The van der Waals surface area contributed by atoms with Gasteiger partial charge in [-0.15, -0.1) is 0 Å². The van der Waals surface area contributed by atoms with Gasteiger partial charge >= 0.3 is 12.0 Å². The van der Waals surface area contributed by atoms with Crippen molar-refractivity contribution in [3.63, 3.8) is 0 Å². The predicted molar refractivity (Wildman–Crippen MR) is 70.8 cm³/mol. The molecule has 0 radical (unpaired) electrons. The summed E-state index contributed by atoms with van der Waals surface area (Å²) in [6.45, 7) is 3.23. The van der Waals surface area contributed by atoms with Crippen molar-refractivity contribution in [3.8, 4) is 0 Å². The molecule has 0 aliphatic carbocycles. The Labute approximate surface area is 120 Å². The maximum absolute atomic E-state index is 12.9. The van der Waals surface area contributed by atoms with Crippen LogP contribution < -0.4 is 5.32 Å². The van der Waals surface area contributed by atoms with Gasteiger partial charge in [0.1, 0.15) is 17.9 Å². The summed E-state index contributed by atoms with van der Waals surface area (Å²) < 4.78 is 12.9. The number of halogens is 1. The van der Waals surface area contributed by atoms with Gasteiger partial charge in [0.15, 0.2) is 0 Å². The zero-order valence-corrected chi connectivity index (χ0v) is 11.5. The molecule has 2 rings (SSSR count). The zero-order chi connectivity index (χ0) is 15.7. The van der Waals surface area contributed by atoms with Gasteiger partial charge in [0.25, 0.3) is 5.91 Å². The lowest BCUT2D eigenvalue weighted by molar-refractivity contribution is -0.148. The summed E-state index contributed by atoms with van der Waals surface area (Å²) in [4.78, 5) is 36.3. The number of carbonyl (C=O) groups is 3. The molecule has 1 aliphatic rings. The van der Waals surface area contributed by atoms with Gasteiger partial charge in [-0.05, 0) is 23.6 Å². The Morgan fingerprint density at radius 1 is 1.29 bits per heavy atom. The highest BCUT2D eigenvalue weighted by atomic mass is 19.1. The number of carbonyl (C=O) groups excluding carboxylic acids is 2. The molecule has 2 atom stereocenters. The highest BCUT2D eigenvalue weighted by molar-refractivity contribution is 6.07. The smallest absolute Gasteiger partial charge is 0.327 e. The van der Waals surface area contributed by atoms with Crippen molar-refractivity contribution < 1.29 is 23.9 Å². The van der Waals surface area contributed by atoms with Gasteiger partial charge in [-0.1, -0.05) is 26.0 Å². The molecule has 112 valence electrons. The van der Waals surface area contributed by atoms with Crippen molar-refractivity contribution in [1.82, 2.24) is 10.2 Å². The van der Waals surface area contributed by atoms with E-state index in [0.717, 1.165) is 4.90 Å². The molecule has 0 bridgehead atoms. The Bertz CT molecular complexity index is 585. The lowest BCUT2D eigenvalue weighted by Gasteiger charge is -2.24. The molecule has 0 saturated carbocycles. The molecule has 2 unspecified atom stereocenters. The highest BCUT2D eigenvalue weighted by Gasteiger charge is 2.46. The second-order valence-electron chi connectivity index (χ2n) is 5.17. The normalized spacial score (nSPS) is 19.8. The second-order valence-corrected chi connectivity index (χ2v) is 5.17. The lowest BCUT2D eigenvalue weighted by atomic mass is 10.0. The standard InChI is InChI=1S/C14H15FN2O4/c1-7(2)11(13(19)20)17-12(18)10(16-14(17)21)8-3-5-9(15)6-4-8/h3-7,10-11H,1-2H3,(H,16,21)(H,19,20). The van der Waals surface area contributed by atoms with Gasteiger partial charge < -0.3 is 10.4 Å². The number of carboxylic acid groups (broad SMARTS) is 1. The van der Waals surface area contributed by atoms with Gasteiger partial charge in [0.2, 0.25) is 0 Å². The Balaban J connectivity index is 2.31. The van der Waals surface area contributed by atoms with Gasteiger partial charge in [-0.3, -0.25) is 4.79 Å². The Kier molecular flexibility index (Phi) is 3.93. The third kappa shape index (κ3) is 2.72. The summed E-state index contributed by atoms with van der Waals surface area (Å²) in [6.07, 6.45) is 0. The number of nitrogens with one attached hydrogen (secondary N) is 1. The predicted octanol–water partition coefficient (Wildman–Crippen LogP) is 1.53. The quantitative estimate of drug-likeness (QED) is 0.824. The summed E-state index contributed by atoms with van der Waals surface area (Å²) in [5.41, 5.74) is 0.408. The minimum absolute atomic E-state index is 0.408. The third-order valence-corrected chi connectivity index (χ3v) is 3.34. The molecule has 1 fully saturated rings. The molecule has 1 aromatic carbocycles. The number of benzene rings is 1. The van der Waals surface area contributed by atoms with Crippen molar-refractivity contribution in [2.75, 3.05) is 0 Å². The summed E-state index contributed by atoms with van der Waals surface area (Å²) >= 11 is 0. The topological polar surface area (TPSA) is 86.7 Å². The van der Waals surface area contributed by atoms with Crippen LogP contribution in [-0.4, -0.2) is 34.0 Å². The van der Waals surface area contributed by atoms with Crippen molar-refractivity contribution >= 4 is 17.9 Å². The second kappa shape index (κ2) is 5.51. The molecule has 21 heavy (non-hydrogen) atoms. The van der Waals surface area contributed by atoms with E-state index in [-0.39, 0.29) is 0 Å². The molecule has 1 aromatic rings. The van der Waals surface area contributed by atoms with Crippen molar-refractivity contribution in [3.05, 3.63) is 35.6 Å². The average Bonchev–Trinajstić information content (AvgIpc) is 2.67. The van der Waals surface area contributed by atoms with Crippen LogP contribution in [0.5, 0.6) is 0 Å². The van der Waals surface area contributed by atoms with Crippen LogP contribution in [0.2, 0.25) is 0 Å². The van der Waals surface area contributed by atoms with Gasteiger partial charge in [0, 0.05) is 0 Å². The minimum atomic E-state index is -1.24. The number of aliphatic carboxylic acids is 1. The van der Waals surface area contributed by atoms with E-state index in [4.69, 9.17) is 0 Å². The molecular formula is C14H15FN2O4. The zero-order valence-electron chi connectivity index (χ0n) is 11.5. The van der Waals surface area contributed by atoms with Crippen LogP contribution in [0, 0.1) is 11.7 Å². The number of imide groups is 1. The van der Waals surface area contributed by atoms with E-state index in [1.165, 1.54) is 24.3 Å². The number of nitrogens with zero attached hydrogens (tertiary/aromatic N) is 1. The molecular weight excluding hydrogens is 279 g/mol. The molecule has 3 amide bonds. The third-order valence-electron chi connectivity index (χ3n) is 3.34. The molecule has 1 saturated heterocycles. The first-order valence-corrected chi connectivity index (χ1v) is 6.44. The first-order chi connectivity index (χ1) is 9.82. The van der Waals surface area contributed by atoms with Crippen LogP contribution >= 0.6 is 0 Å². The monoisotopic (exact) mass is 294 g/mol.